The van der Waals surface area contributed by atoms with Gasteiger partial charge in [0, 0.05) is 19.5 Å². The van der Waals surface area contributed by atoms with E-state index in [4.69, 9.17) is 0 Å². The van der Waals surface area contributed by atoms with Crippen LogP contribution in [0.4, 0.5) is 10.6 Å². The Morgan fingerprint density at radius 1 is 1.43 bits per heavy atom. The topological polar surface area (TPSA) is 79.2 Å². The van der Waals surface area contributed by atoms with Crippen LogP contribution in [0, 0.1) is 0 Å². The Kier molecular flexibility index (Phi) is 4.34. The minimum atomic E-state index is -0.597. The lowest BCUT2D eigenvalue weighted by Crippen LogP contribution is -2.37. The van der Waals surface area contributed by atoms with E-state index in [0.717, 1.165) is 29.7 Å². The highest BCUT2D eigenvalue weighted by molar-refractivity contribution is 5.88. The molecule has 1 aromatic carbocycles. The number of carbonyl (C=O) groups is 1. The molecule has 1 aliphatic carbocycles. The number of fused-ring (bicyclic) bond motifs is 1. The number of anilines is 1. The fourth-order valence-corrected chi connectivity index (χ4v) is 3.06. The average Bonchev–Trinajstić information content (AvgIpc) is 3.00. The van der Waals surface area contributed by atoms with Crippen molar-refractivity contribution in [3.8, 4) is 0 Å². The summed E-state index contributed by atoms with van der Waals surface area (Å²) in [4.78, 5) is 12.3. The lowest BCUT2D eigenvalue weighted by molar-refractivity contribution is 0.144. The lowest BCUT2D eigenvalue weighted by atomic mass is 10.1. The van der Waals surface area contributed by atoms with E-state index in [-0.39, 0.29) is 12.1 Å². The predicted molar refractivity (Wildman–Crippen MR) is 88.3 cm³/mol. The van der Waals surface area contributed by atoms with E-state index in [1.165, 1.54) is 0 Å². The number of aromatic nitrogens is 2. The third kappa shape index (κ3) is 3.22. The molecule has 0 saturated carbocycles. The Morgan fingerprint density at radius 2 is 2.22 bits per heavy atom. The molecule has 0 unspecified atom stereocenters. The summed E-state index contributed by atoms with van der Waals surface area (Å²) in [7, 11) is 1.80. The van der Waals surface area contributed by atoms with Crippen molar-refractivity contribution < 1.29 is 9.90 Å². The van der Waals surface area contributed by atoms with E-state index < -0.39 is 6.10 Å². The first kappa shape index (κ1) is 15.6. The molecule has 2 aromatic rings. The minimum Gasteiger partial charge on any atom is -0.390 e. The standard InChI is InChI=1S/C17H22N4O2/c1-3-6-12-10-15(21(2)20-12)18-17(23)19-16-13-8-5-4-7-11(13)9-14(16)22/h4-5,7-8,10,14,16,22H,3,6,9H2,1-2H3,(H2,18,19,23)/t14-,16+/m1/s1. The predicted octanol–water partition coefficient (Wildman–Crippen LogP) is 2.15. The Hall–Kier alpha value is -2.34. The smallest absolute Gasteiger partial charge is 0.320 e. The van der Waals surface area contributed by atoms with Crippen LogP contribution in [0.15, 0.2) is 30.3 Å². The molecule has 2 atom stereocenters. The zero-order chi connectivity index (χ0) is 16.4. The molecular weight excluding hydrogens is 292 g/mol. The first-order valence-electron chi connectivity index (χ1n) is 7.94. The van der Waals surface area contributed by atoms with Gasteiger partial charge in [-0.3, -0.25) is 10.00 Å². The van der Waals surface area contributed by atoms with Crippen LogP contribution in [0.1, 0.15) is 36.2 Å². The molecule has 0 saturated heterocycles. The highest BCUT2D eigenvalue weighted by Gasteiger charge is 2.31. The van der Waals surface area contributed by atoms with E-state index >= 15 is 0 Å². The van der Waals surface area contributed by atoms with Gasteiger partial charge in [0.2, 0.25) is 0 Å². The van der Waals surface area contributed by atoms with E-state index in [0.29, 0.717) is 12.2 Å². The van der Waals surface area contributed by atoms with E-state index in [1.54, 1.807) is 11.7 Å². The van der Waals surface area contributed by atoms with Gasteiger partial charge in [-0.15, -0.1) is 0 Å². The second-order valence-corrected chi connectivity index (χ2v) is 5.94. The van der Waals surface area contributed by atoms with Gasteiger partial charge >= 0.3 is 6.03 Å². The van der Waals surface area contributed by atoms with Gasteiger partial charge in [0.15, 0.2) is 0 Å². The third-order valence-corrected chi connectivity index (χ3v) is 4.17. The van der Waals surface area contributed by atoms with Crippen molar-refractivity contribution in [2.24, 2.45) is 7.05 Å². The maximum absolute atomic E-state index is 12.3. The van der Waals surface area contributed by atoms with Crippen LogP contribution in [0.3, 0.4) is 0 Å². The van der Waals surface area contributed by atoms with Crippen molar-refractivity contribution in [3.63, 3.8) is 0 Å². The fourth-order valence-electron chi connectivity index (χ4n) is 3.06. The number of hydrogen-bond acceptors (Lipinski definition) is 3. The van der Waals surface area contributed by atoms with Crippen LogP contribution in [0.5, 0.6) is 0 Å². The zero-order valence-electron chi connectivity index (χ0n) is 13.4. The van der Waals surface area contributed by atoms with Gasteiger partial charge in [-0.25, -0.2) is 4.79 Å². The number of benzene rings is 1. The first-order chi connectivity index (χ1) is 11.1. The molecule has 6 nitrogen and oxygen atoms in total. The molecule has 0 spiro atoms. The fraction of sp³-hybridized carbons (Fsp3) is 0.412. The summed E-state index contributed by atoms with van der Waals surface area (Å²) in [6.07, 6.45) is 1.85. The second-order valence-electron chi connectivity index (χ2n) is 5.94. The van der Waals surface area contributed by atoms with Gasteiger partial charge < -0.3 is 10.4 Å². The Balaban J connectivity index is 1.68. The highest BCUT2D eigenvalue weighted by Crippen LogP contribution is 2.31. The summed E-state index contributed by atoms with van der Waals surface area (Å²) in [6, 6.07) is 8.95. The number of rotatable bonds is 4. The molecule has 3 N–H and O–H groups in total. The van der Waals surface area contributed by atoms with Gasteiger partial charge in [-0.05, 0) is 17.5 Å². The zero-order valence-corrected chi connectivity index (χ0v) is 13.4. The maximum atomic E-state index is 12.3. The van der Waals surface area contributed by atoms with Crippen molar-refractivity contribution >= 4 is 11.8 Å². The SMILES string of the molecule is CCCc1cc(NC(=O)N[C@H]2c3ccccc3C[C@H]2O)n(C)n1. The van der Waals surface area contributed by atoms with Crippen molar-refractivity contribution in [3.05, 3.63) is 47.2 Å². The Bertz CT molecular complexity index is 710. The molecule has 0 bridgehead atoms. The van der Waals surface area contributed by atoms with Gasteiger partial charge in [0.05, 0.1) is 17.8 Å². The quantitative estimate of drug-likeness (QED) is 0.809. The van der Waals surface area contributed by atoms with Gasteiger partial charge in [-0.2, -0.15) is 5.10 Å². The van der Waals surface area contributed by atoms with E-state index in [2.05, 4.69) is 22.7 Å². The number of aryl methyl sites for hydroxylation is 2. The van der Waals surface area contributed by atoms with Gasteiger partial charge in [0.1, 0.15) is 5.82 Å². The number of aliphatic hydroxyl groups excluding tert-OH is 1. The molecule has 23 heavy (non-hydrogen) atoms. The van der Waals surface area contributed by atoms with E-state index in [1.807, 2.05) is 30.3 Å². The number of hydrogen-bond donors (Lipinski definition) is 3. The maximum Gasteiger partial charge on any atom is 0.320 e. The molecule has 0 fully saturated rings. The number of carbonyl (C=O) groups excluding carboxylic acids is 1. The third-order valence-electron chi connectivity index (χ3n) is 4.17. The molecule has 0 radical (unpaired) electrons. The normalized spacial score (nSPS) is 19.4. The van der Waals surface area contributed by atoms with Crippen LogP contribution >= 0.6 is 0 Å². The van der Waals surface area contributed by atoms with Crippen LogP contribution in [0.2, 0.25) is 0 Å². The molecule has 3 rings (SSSR count). The Labute approximate surface area is 135 Å². The number of urea groups is 1. The van der Waals surface area contributed by atoms with E-state index in [9.17, 15) is 9.90 Å². The van der Waals surface area contributed by atoms with Crippen molar-refractivity contribution in [1.82, 2.24) is 15.1 Å². The molecule has 1 aliphatic rings. The van der Waals surface area contributed by atoms with Gasteiger partial charge in [-0.1, -0.05) is 37.6 Å². The van der Waals surface area contributed by atoms with Crippen LogP contribution in [-0.4, -0.2) is 27.0 Å². The summed E-state index contributed by atoms with van der Waals surface area (Å²) >= 11 is 0. The monoisotopic (exact) mass is 314 g/mol. The van der Waals surface area contributed by atoms with Crippen molar-refractivity contribution in [1.29, 1.82) is 0 Å². The molecule has 6 heteroatoms. The second kappa shape index (κ2) is 6.42. The number of nitrogens with one attached hydrogen (secondary N) is 2. The Morgan fingerprint density at radius 3 is 3.00 bits per heavy atom. The number of nitrogens with zero attached hydrogens (tertiary/aromatic N) is 2. The molecule has 1 aromatic heterocycles. The molecule has 2 amide bonds. The first-order valence-corrected chi connectivity index (χ1v) is 7.94. The summed E-state index contributed by atoms with van der Waals surface area (Å²) in [6.45, 7) is 2.09. The largest absolute Gasteiger partial charge is 0.390 e. The van der Waals surface area contributed by atoms with Crippen molar-refractivity contribution in [2.75, 3.05) is 5.32 Å². The van der Waals surface area contributed by atoms with Crippen LogP contribution in [0.25, 0.3) is 0 Å². The van der Waals surface area contributed by atoms with Crippen molar-refractivity contribution in [2.45, 2.75) is 38.3 Å². The molecule has 1 heterocycles. The average molecular weight is 314 g/mol. The molecule has 0 aliphatic heterocycles. The van der Waals surface area contributed by atoms with Crippen LogP contribution in [-0.2, 0) is 19.9 Å². The number of amides is 2. The van der Waals surface area contributed by atoms with Gasteiger partial charge in [0.25, 0.3) is 0 Å². The molecular formula is C17H22N4O2. The summed E-state index contributed by atoms with van der Waals surface area (Å²) in [5, 5.41) is 20.2. The lowest BCUT2D eigenvalue weighted by Gasteiger charge is -2.18. The number of aliphatic hydroxyl groups is 1. The van der Waals surface area contributed by atoms with Crippen LogP contribution < -0.4 is 10.6 Å². The summed E-state index contributed by atoms with van der Waals surface area (Å²) in [5.41, 5.74) is 3.01. The molecule has 122 valence electrons. The summed E-state index contributed by atoms with van der Waals surface area (Å²) < 4.78 is 1.66. The minimum absolute atomic E-state index is 0.336. The highest BCUT2D eigenvalue weighted by atomic mass is 16.3. The summed E-state index contributed by atoms with van der Waals surface area (Å²) in [5.74, 6) is 0.645.